The van der Waals surface area contributed by atoms with Gasteiger partial charge in [0.15, 0.2) is 0 Å². The monoisotopic (exact) mass is 364 g/mol. The third kappa shape index (κ3) is 5.12. The van der Waals surface area contributed by atoms with Gasteiger partial charge in [0.25, 0.3) is 5.91 Å². The van der Waals surface area contributed by atoms with Crippen LogP contribution in [-0.4, -0.2) is 16.9 Å². The van der Waals surface area contributed by atoms with Gasteiger partial charge in [-0.3, -0.25) is 9.78 Å². The minimum absolute atomic E-state index is 0.111. The Morgan fingerprint density at radius 3 is 2.30 bits per heavy atom. The number of hydrogen-bond donors (Lipinski definition) is 3. The molecule has 3 aromatic rings. The summed E-state index contributed by atoms with van der Waals surface area (Å²) >= 11 is 0. The molecule has 0 fully saturated rings. The smallest absolute Gasteiger partial charge is 0.319 e. The van der Waals surface area contributed by atoms with Crippen molar-refractivity contribution in [2.75, 3.05) is 10.6 Å². The number of nitrogens with one attached hydrogen (secondary N) is 3. The van der Waals surface area contributed by atoms with Crippen molar-refractivity contribution in [3.05, 3.63) is 90.0 Å². The van der Waals surface area contributed by atoms with Crippen LogP contribution in [0.3, 0.4) is 0 Å². The van der Waals surface area contributed by atoms with E-state index in [-0.39, 0.29) is 11.7 Å². The first-order valence-corrected chi connectivity index (χ1v) is 8.21. The number of pyridine rings is 1. The molecule has 27 heavy (non-hydrogen) atoms. The molecule has 0 bridgehead atoms. The number of aromatic nitrogens is 1. The molecular formula is C20H17FN4O2. The van der Waals surface area contributed by atoms with Gasteiger partial charge in [-0.05, 0) is 54.1 Å². The average Bonchev–Trinajstić information content (AvgIpc) is 2.69. The number of benzene rings is 2. The van der Waals surface area contributed by atoms with Crippen molar-refractivity contribution in [3.8, 4) is 0 Å². The second-order valence-corrected chi connectivity index (χ2v) is 5.67. The van der Waals surface area contributed by atoms with E-state index < -0.39 is 11.7 Å². The highest BCUT2D eigenvalue weighted by molar-refractivity contribution is 6.04. The first-order chi connectivity index (χ1) is 13.1. The van der Waals surface area contributed by atoms with Crippen molar-refractivity contribution in [1.82, 2.24) is 10.3 Å². The van der Waals surface area contributed by atoms with E-state index in [4.69, 9.17) is 0 Å². The standard InChI is InChI=1S/C20H17FN4O2/c21-17-3-1-2-4-18(17)25-19(26)15-5-7-16(8-6-15)24-20(27)23-13-14-9-11-22-12-10-14/h1-12H,13H2,(H,25,26)(H2,23,24,27). The van der Waals surface area contributed by atoms with Gasteiger partial charge in [0, 0.05) is 30.2 Å². The quantitative estimate of drug-likeness (QED) is 0.644. The molecule has 3 N–H and O–H groups in total. The number of halogens is 1. The van der Waals surface area contributed by atoms with Crippen LogP contribution in [0.2, 0.25) is 0 Å². The number of amides is 3. The molecule has 136 valence electrons. The Balaban J connectivity index is 1.54. The SMILES string of the molecule is O=C(NCc1ccncc1)Nc1ccc(C(=O)Nc2ccccc2F)cc1. The van der Waals surface area contributed by atoms with Crippen LogP contribution in [0.5, 0.6) is 0 Å². The van der Waals surface area contributed by atoms with Crippen LogP contribution in [0.15, 0.2) is 73.1 Å². The third-order valence-corrected chi connectivity index (χ3v) is 3.73. The number of hydrogen-bond acceptors (Lipinski definition) is 3. The van der Waals surface area contributed by atoms with Crippen molar-refractivity contribution in [3.63, 3.8) is 0 Å². The minimum Gasteiger partial charge on any atom is -0.334 e. The van der Waals surface area contributed by atoms with E-state index in [2.05, 4.69) is 20.9 Å². The van der Waals surface area contributed by atoms with Crippen molar-refractivity contribution < 1.29 is 14.0 Å². The number of rotatable bonds is 5. The molecule has 2 aromatic carbocycles. The lowest BCUT2D eigenvalue weighted by Gasteiger charge is -2.09. The second-order valence-electron chi connectivity index (χ2n) is 5.67. The average molecular weight is 364 g/mol. The van der Waals surface area contributed by atoms with Gasteiger partial charge in [-0.15, -0.1) is 0 Å². The van der Waals surface area contributed by atoms with Gasteiger partial charge in [0.1, 0.15) is 5.82 Å². The predicted molar refractivity (Wildman–Crippen MR) is 101 cm³/mol. The molecule has 0 aliphatic heterocycles. The Kier molecular flexibility index (Phi) is 5.73. The molecule has 3 amide bonds. The summed E-state index contributed by atoms with van der Waals surface area (Å²) < 4.78 is 13.6. The zero-order chi connectivity index (χ0) is 19.1. The maximum atomic E-state index is 13.6. The second kappa shape index (κ2) is 8.57. The first-order valence-electron chi connectivity index (χ1n) is 8.21. The molecule has 0 unspecified atom stereocenters. The summed E-state index contributed by atoms with van der Waals surface area (Å²) in [5.41, 5.74) is 1.92. The number of urea groups is 1. The summed E-state index contributed by atoms with van der Waals surface area (Å²) in [6.07, 6.45) is 3.31. The van der Waals surface area contributed by atoms with E-state index in [1.807, 2.05) is 12.1 Å². The largest absolute Gasteiger partial charge is 0.334 e. The zero-order valence-corrected chi connectivity index (χ0v) is 14.3. The molecule has 0 atom stereocenters. The Bertz CT molecular complexity index is 930. The van der Waals surface area contributed by atoms with Gasteiger partial charge < -0.3 is 16.0 Å². The van der Waals surface area contributed by atoms with Crippen LogP contribution in [-0.2, 0) is 6.54 Å². The summed E-state index contributed by atoms with van der Waals surface area (Å²) in [5.74, 6) is -0.941. The lowest BCUT2D eigenvalue weighted by Crippen LogP contribution is -2.28. The highest BCUT2D eigenvalue weighted by Crippen LogP contribution is 2.15. The summed E-state index contributed by atoms with van der Waals surface area (Å²) in [6, 6.07) is 15.5. The molecule has 0 spiro atoms. The van der Waals surface area contributed by atoms with Gasteiger partial charge >= 0.3 is 6.03 Å². The molecule has 7 heteroatoms. The molecule has 6 nitrogen and oxygen atoms in total. The molecule has 0 aliphatic rings. The van der Waals surface area contributed by atoms with E-state index in [0.29, 0.717) is 17.8 Å². The first kappa shape index (κ1) is 18.1. The molecule has 0 aliphatic carbocycles. The number of nitrogens with zero attached hydrogens (tertiary/aromatic N) is 1. The highest BCUT2D eigenvalue weighted by atomic mass is 19.1. The maximum Gasteiger partial charge on any atom is 0.319 e. The number of anilines is 2. The number of carbonyl (C=O) groups is 2. The summed E-state index contributed by atoms with van der Waals surface area (Å²) in [5, 5.41) is 7.91. The van der Waals surface area contributed by atoms with Gasteiger partial charge in [-0.1, -0.05) is 12.1 Å². The van der Waals surface area contributed by atoms with E-state index in [1.54, 1.807) is 48.8 Å². The van der Waals surface area contributed by atoms with Gasteiger partial charge in [0.05, 0.1) is 5.69 Å². The lowest BCUT2D eigenvalue weighted by atomic mass is 10.2. The third-order valence-electron chi connectivity index (χ3n) is 3.73. The van der Waals surface area contributed by atoms with Crippen LogP contribution in [0.25, 0.3) is 0 Å². The molecule has 0 saturated carbocycles. The molecule has 3 rings (SSSR count). The lowest BCUT2D eigenvalue weighted by molar-refractivity contribution is 0.102. The van der Waals surface area contributed by atoms with Crippen molar-refractivity contribution in [1.29, 1.82) is 0 Å². The van der Waals surface area contributed by atoms with Crippen LogP contribution >= 0.6 is 0 Å². The topological polar surface area (TPSA) is 83.1 Å². The number of para-hydroxylation sites is 1. The van der Waals surface area contributed by atoms with Crippen LogP contribution in [0, 0.1) is 5.82 Å². The molecule has 0 saturated heterocycles. The minimum atomic E-state index is -0.505. The molecule has 1 aromatic heterocycles. The van der Waals surface area contributed by atoms with Crippen LogP contribution in [0.1, 0.15) is 15.9 Å². The molecule has 0 radical (unpaired) electrons. The Labute approximate surface area is 155 Å². The molecule has 1 heterocycles. The normalized spacial score (nSPS) is 10.1. The van der Waals surface area contributed by atoms with Crippen molar-refractivity contribution >= 4 is 23.3 Å². The summed E-state index contributed by atoms with van der Waals surface area (Å²) in [4.78, 5) is 28.0. The van der Waals surface area contributed by atoms with E-state index in [1.165, 1.54) is 12.1 Å². The van der Waals surface area contributed by atoms with Crippen LogP contribution < -0.4 is 16.0 Å². The van der Waals surface area contributed by atoms with E-state index >= 15 is 0 Å². The Hall–Kier alpha value is -3.74. The Morgan fingerprint density at radius 2 is 1.59 bits per heavy atom. The maximum absolute atomic E-state index is 13.6. The zero-order valence-electron chi connectivity index (χ0n) is 14.3. The molecular weight excluding hydrogens is 347 g/mol. The Morgan fingerprint density at radius 1 is 0.889 bits per heavy atom. The fourth-order valence-electron chi connectivity index (χ4n) is 2.32. The van der Waals surface area contributed by atoms with Crippen LogP contribution in [0.4, 0.5) is 20.6 Å². The highest BCUT2D eigenvalue weighted by Gasteiger charge is 2.09. The van der Waals surface area contributed by atoms with Crippen molar-refractivity contribution in [2.45, 2.75) is 6.54 Å². The van der Waals surface area contributed by atoms with E-state index in [0.717, 1.165) is 5.56 Å². The van der Waals surface area contributed by atoms with Gasteiger partial charge in [-0.2, -0.15) is 0 Å². The fourth-order valence-corrected chi connectivity index (χ4v) is 2.32. The summed E-state index contributed by atoms with van der Waals surface area (Å²) in [6.45, 7) is 0.373. The van der Waals surface area contributed by atoms with Crippen molar-refractivity contribution in [2.24, 2.45) is 0 Å². The number of carbonyl (C=O) groups excluding carboxylic acids is 2. The van der Waals surface area contributed by atoms with Gasteiger partial charge in [-0.25, -0.2) is 9.18 Å². The van der Waals surface area contributed by atoms with Gasteiger partial charge in [0.2, 0.25) is 0 Å². The predicted octanol–water partition coefficient (Wildman–Crippen LogP) is 3.79. The summed E-state index contributed by atoms with van der Waals surface area (Å²) in [7, 11) is 0. The van der Waals surface area contributed by atoms with E-state index in [9.17, 15) is 14.0 Å². The fraction of sp³-hybridized carbons (Fsp3) is 0.0500.